The van der Waals surface area contributed by atoms with Gasteiger partial charge in [-0.15, -0.1) is 0 Å². The Kier molecular flexibility index (Phi) is 10.3. The van der Waals surface area contributed by atoms with Crippen LogP contribution in [0.1, 0.15) is 13.8 Å². The van der Waals surface area contributed by atoms with E-state index in [2.05, 4.69) is 0 Å². The first-order valence-corrected chi connectivity index (χ1v) is 8.00. The van der Waals surface area contributed by atoms with E-state index in [1.54, 1.807) is 14.2 Å². The zero-order valence-corrected chi connectivity index (χ0v) is 13.4. The third-order valence-corrected chi connectivity index (χ3v) is 3.54. The molecule has 0 bridgehead atoms. The zero-order valence-electron chi connectivity index (χ0n) is 12.5. The summed E-state index contributed by atoms with van der Waals surface area (Å²) in [6.07, 6.45) is -0.178. The minimum atomic E-state index is -4.31. The molecule has 20 heavy (non-hydrogen) atoms. The molecule has 0 N–H and O–H groups in total. The molecule has 0 radical (unpaired) electrons. The van der Waals surface area contributed by atoms with Gasteiger partial charge in [-0.3, -0.25) is 0 Å². The first kappa shape index (κ1) is 19.8. The fraction of sp³-hybridized carbons (Fsp3) is 1.00. The summed E-state index contributed by atoms with van der Waals surface area (Å²) in [5, 5.41) is 0. The van der Waals surface area contributed by atoms with E-state index in [4.69, 9.17) is 18.9 Å². The van der Waals surface area contributed by atoms with Crippen LogP contribution in [0.25, 0.3) is 0 Å². The van der Waals surface area contributed by atoms with Gasteiger partial charge in [0.05, 0.1) is 48.8 Å². The lowest BCUT2D eigenvalue weighted by molar-refractivity contribution is -0.0228. The summed E-state index contributed by atoms with van der Waals surface area (Å²) in [6.45, 7) is 4.60. The van der Waals surface area contributed by atoms with Crippen LogP contribution in [0, 0.1) is 5.92 Å². The van der Waals surface area contributed by atoms with Gasteiger partial charge in [0.25, 0.3) is 0 Å². The highest BCUT2D eigenvalue weighted by Gasteiger charge is 2.15. The molecule has 8 heteroatoms. The quantitative estimate of drug-likeness (QED) is 0.477. The van der Waals surface area contributed by atoms with Crippen LogP contribution in [0.15, 0.2) is 0 Å². The minimum Gasteiger partial charge on any atom is -0.748 e. The Morgan fingerprint density at radius 2 is 1.30 bits per heavy atom. The average Bonchev–Trinajstić information content (AvgIpc) is 2.36. The van der Waals surface area contributed by atoms with Crippen molar-refractivity contribution < 1.29 is 31.9 Å². The lowest BCUT2D eigenvalue weighted by atomic mass is 10.2. The molecule has 0 aromatic rings. The van der Waals surface area contributed by atoms with Gasteiger partial charge < -0.3 is 23.5 Å². The molecule has 2 unspecified atom stereocenters. The minimum absolute atomic E-state index is 0.0889. The number of rotatable bonds is 12. The number of hydrogen-bond acceptors (Lipinski definition) is 7. The van der Waals surface area contributed by atoms with Crippen molar-refractivity contribution in [3.63, 3.8) is 0 Å². The lowest BCUT2D eigenvalue weighted by Gasteiger charge is -2.21. The van der Waals surface area contributed by atoms with Gasteiger partial charge in [-0.25, -0.2) is 8.42 Å². The second-order valence-corrected chi connectivity index (χ2v) is 6.21. The topological polar surface area (TPSA) is 94.1 Å². The first-order chi connectivity index (χ1) is 9.28. The molecule has 0 heterocycles. The first-order valence-electron chi connectivity index (χ1n) is 6.43. The Bertz CT molecular complexity index is 315. The monoisotopic (exact) mass is 313 g/mol. The van der Waals surface area contributed by atoms with E-state index in [9.17, 15) is 13.0 Å². The van der Waals surface area contributed by atoms with Crippen LogP contribution in [0.3, 0.4) is 0 Å². The van der Waals surface area contributed by atoms with E-state index in [1.165, 1.54) is 0 Å². The average molecular weight is 313 g/mol. The molecular formula is C12H25O7S-. The SMILES string of the molecule is COC(C)COCC(COCC(C)OC)CS(=O)(=O)[O-]. The molecule has 0 spiro atoms. The summed E-state index contributed by atoms with van der Waals surface area (Å²) in [5.41, 5.74) is 0. The summed E-state index contributed by atoms with van der Waals surface area (Å²) in [6, 6.07) is 0. The van der Waals surface area contributed by atoms with Gasteiger partial charge in [0.2, 0.25) is 0 Å². The van der Waals surface area contributed by atoms with Crippen LogP contribution < -0.4 is 0 Å². The highest BCUT2D eigenvalue weighted by molar-refractivity contribution is 7.85. The predicted octanol–water partition coefficient (Wildman–Crippen LogP) is 0.251. The normalized spacial score (nSPS) is 16.9. The van der Waals surface area contributed by atoms with Crippen LogP contribution >= 0.6 is 0 Å². The summed E-state index contributed by atoms with van der Waals surface area (Å²) >= 11 is 0. The van der Waals surface area contributed by atoms with E-state index in [-0.39, 0.29) is 25.4 Å². The standard InChI is InChI=1S/C12H26O7S/c1-10(16-3)5-18-7-12(9-20(13,14)15)8-19-6-11(2)17-4/h10-12H,5-9H2,1-4H3,(H,13,14,15)/p-1. The van der Waals surface area contributed by atoms with Crippen LogP contribution in [0.5, 0.6) is 0 Å². The highest BCUT2D eigenvalue weighted by atomic mass is 32.2. The van der Waals surface area contributed by atoms with Gasteiger partial charge in [0, 0.05) is 25.9 Å². The molecule has 0 saturated carbocycles. The Labute approximate surface area is 121 Å². The zero-order chi connectivity index (χ0) is 15.6. The molecule has 0 aliphatic rings. The van der Waals surface area contributed by atoms with E-state index >= 15 is 0 Å². The van der Waals surface area contributed by atoms with Gasteiger partial charge in [0.1, 0.15) is 0 Å². The summed E-state index contributed by atoms with van der Waals surface area (Å²) in [7, 11) is -1.19. The van der Waals surface area contributed by atoms with Crippen LogP contribution in [0.4, 0.5) is 0 Å². The van der Waals surface area contributed by atoms with Gasteiger partial charge in [-0.05, 0) is 13.8 Å². The van der Waals surface area contributed by atoms with Gasteiger partial charge in [-0.2, -0.15) is 0 Å². The van der Waals surface area contributed by atoms with Gasteiger partial charge in [-0.1, -0.05) is 0 Å². The molecule has 0 aromatic carbocycles. The maximum Gasteiger partial charge on any atom is 0.0950 e. The molecule has 0 aliphatic carbocycles. The molecule has 0 aliphatic heterocycles. The van der Waals surface area contributed by atoms with Crippen molar-refractivity contribution in [2.45, 2.75) is 26.1 Å². The van der Waals surface area contributed by atoms with Crippen LogP contribution in [0.2, 0.25) is 0 Å². The van der Waals surface area contributed by atoms with Crippen LogP contribution in [-0.2, 0) is 29.1 Å². The number of hydrogen-bond donors (Lipinski definition) is 0. The predicted molar refractivity (Wildman–Crippen MR) is 72.6 cm³/mol. The number of methoxy groups -OCH3 is 2. The molecule has 0 fully saturated rings. The fourth-order valence-electron chi connectivity index (χ4n) is 1.37. The molecule has 7 nitrogen and oxygen atoms in total. The second kappa shape index (κ2) is 10.5. The smallest absolute Gasteiger partial charge is 0.0950 e. The summed E-state index contributed by atoms with van der Waals surface area (Å²) < 4.78 is 53.2. The third-order valence-electron chi connectivity index (χ3n) is 2.66. The number of ether oxygens (including phenoxy) is 4. The summed E-state index contributed by atoms with van der Waals surface area (Å²) in [5.74, 6) is -0.999. The van der Waals surface area contributed by atoms with Crippen molar-refractivity contribution in [2.75, 3.05) is 46.4 Å². The van der Waals surface area contributed by atoms with Crippen molar-refractivity contribution in [1.82, 2.24) is 0 Å². The van der Waals surface area contributed by atoms with Crippen molar-refractivity contribution in [1.29, 1.82) is 0 Å². The van der Waals surface area contributed by atoms with Crippen molar-refractivity contribution >= 4 is 10.1 Å². The Morgan fingerprint density at radius 3 is 1.60 bits per heavy atom. The maximum atomic E-state index is 10.8. The fourth-order valence-corrected chi connectivity index (χ4v) is 2.14. The summed E-state index contributed by atoms with van der Waals surface area (Å²) in [4.78, 5) is 0. The van der Waals surface area contributed by atoms with E-state index in [0.717, 1.165) is 0 Å². The largest absolute Gasteiger partial charge is 0.748 e. The Hall–Kier alpha value is -0.250. The molecule has 0 aromatic heterocycles. The maximum absolute atomic E-state index is 10.8. The molecule has 2 atom stereocenters. The highest BCUT2D eigenvalue weighted by Crippen LogP contribution is 2.05. The Morgan fingerprint density at radius 1 is 0.900 bits per heavy atom. The lowest BCUT2D eigenvalue weighted by Crippen LogP contribution is -2.28. The van der Waals surface area contributed by atoms with E-state index in [0.29, 0.717) is 13.2 Å². The van der Waals surface area contributed by atoms with Crippen molar-refractivity contribution in [3.8, 4) is 0 Å². The van der Waals surface area contributed by atoms with E-state index in [1.807, 2.05) is 13.8 Å². The van der Waals surface area contributed by atoms with Gasteiger partial charge in [0.15, 0.2) is 0 Å². The third kappa shape index (κ3) is 11.6. The second-order valence-electron chi connectivity index (χ2n) is 4.76. The molecule has 122 valence electrons. The van der Waals surface area contributed by atoms with Gasteiger partial charge >= 0.3 is 0 Å². The van der Waals surface area contributed by atoms with Crippen LogP contribution in [-0.4, -0.2) is 71.6 Å². The van der Waals surface area contributed by atoms with E-state index < -0.39 is 21.8 Å². The van der Waals surface area contributed by atoms with Crippen molar-refractivity contribution in [3.05, 3.63) is 0 Å². The molecule has 0 rings (SSSR count). The van der Waals surface area contributed by atoms with Crippen molar-refractivity contribution in [2.24, 2.45) is 5.92 Å². The Balaban J connectivity index is 4.14. The molecule has 0 saturated heterocycles. The molecular weight excluding hydrogens is 288 g/mol. The molecule has 0 amide bonds.